The van der Waals surface area contributed by atoms with E-state index in [1.807, 2.05) is 0 Å². The van der Waals surface area contributed by atoms with E-state index < -0.39 is 0 Å². The summed E-state index contributed by atoms with van der Waals surface area (Å²) in [5, 5.41) is 2.54. The first-order valence-corrected chi connectivity index (χ1v) is 19.7. The molecule has 1 nitrogen and oxygen atoms in total. The van der Waals surface area contributed by atoms with Gasteiger partial charge < -0.3 is 5.73 Å². The second-order valence-electron chi connectivity index (χ2n) is 14.5. The SMILES string of the molecule is CC(C)c1cc(C(C)C)c(-c2cccc(-c3cccc(Cl)c3CCN)c2P(C2CCCCC2)C2CCCCC2)c(C(C)C)c1. The highest BCUT2D eigenvalue weighted by Crippen LogP contribution is 2.58. The molecule has 2 aliphatic carbocycles. The molecule has 0 unspecified atom stereocenters. The lowest BCUT2D eigenvalue weighted by Gasteiger charge is -2.41. The van der Waals surface area contributed by atoms with Crippen molar-refractivity contribution in [3.05, 3.63) is 75.8 Å². The van der Waals surface area contributed by atoms with Crippen LogP contribution in [0.5, 0.6) is 0 Å². The summed E-state index contributed by atoms with van der Waals surface area (Å²) in [5.41, 5.74) is 19.4. The van der Waals surface area contributed by atoms with Crippen molar-refractivity contribution in [2.45, 2.75) is 141 Å². The number of hydrogen-bond acceptors (Lipinski definition) is 1. The number of rotatable bonds is 10. The molecule has 2 saturated carbocycles. The summed E-state index contributed by atoms with van der Waals surface area (Å²) in [6, 6.07) is 19.0. The summed E-state index contributed by atoms with van der Waals surface area (Å²) in [6.07, 6.45) is 14.7. The van der Waals surface area contributed by atoms with Crippen molar-refractivity contribution in [2.75, 3.05) is 6.54 Å². The largest absolute Gasteiger partial charge is 0.330 e. The van der Waals surface area contributed by atoms with E-state index in [0.29, 0.717) is 24.3 Å². The molecule has 238 valence electrons. The molecule has 0 atom stereocenters. The van der Waals surface area contributed by atoms with Crippen molar-refractivity contribution in [3.8, 4) is 22.3 Å². The number of nitrogens with two attached hydrogens (primary N) is 1. The van der Waals surface area contributed by atoms with E-state index in [1.54, 1.807) is 5.30 Å². The lowest BCUT2D eigenvalue weighted by Crippen LogP contribution is -2.28. The Morgan fingerprint density at radius 3 is 1.68 bits per heavy atom. The van der Waals surface area contributed by atoms with Gasteiger partial charge in [0.2, 0.25) is 0 Å². The smallest absolute Gasteiger partial charge is 0.0444 e. The summed E-state index contributed by atoms with van der Waals surface area (Å²) in [7, 11) is -0.370. The van der Waals surface area contributed by atoms with Crippen LogP contribution in [0.2, 0.25) is 5.02 Å². The van der Waals surface area contributed by atoms with Gasteiger partial charge in [-0.05, 0) is 124 Å². The quantitative estimate of drug-likeness (QED) is 0.222. The zero-order chi connectivity index (χ0) is 31.4. The monoisotopic (exact) mass is 629 g/mol. The van der Waals surface area contributed by atoms with Gasteiger partial charge in [0.1, 0.15) is 0 Å². The van der Waals surface area contributed by atoms with Gasteiger partial charge in [0.15, 0.2) is 0 Å². The van der Waals surface area contributed by atoms with Gasteiger partial charge in [-0.1, -0.05) is 142 Å². The van der Waals surface area contributed by atoms with Crippen LogP contribution in [0.25, 0.3) is 22.3 Å². The Morgan fingerprint density at radius 1 is 0.682 bits per heavy atom. The molecule has 0 spiro atoms. The molecule has 5 rings (SSSR count). The standard InChI is InChI=1S/C41H57ClNP/c1-27(2)30-25-37(28(3)4)40(38(26-30)29(5)6)36-21-13-20-35(33-19-14-22-39(42)34(33)23-24-43)41(36)44(31-15-9-7-10-16-31)32-17-11-8-12-18-32/h13-14,19-22,25-29,31-32H,7-12,15-18,23-24,43H2,1-6H3. The number of hydrogen-bond donors (Lipinski definition) is 1. The third kappa shape index (κ3) is 7.17. The van der Waals surface area contributed by atoms with E-state index in [2.05, 4.69) is 90.1 Å². The summed E-state index contributed by atoms with van der Waals surface area (Å²) < 4.78 is 0. The van der Waals surface area contributed by atoms with Gasteiger partial charge in [0.05, 0.1) is 0 Å². The predicted molar refractivity (Wildman–Crippen MR) is 198 cm³/mol. The highest BCUT2D eigenvalue weighted by atomic mass is 35.5. The van der Waals surface area contributed by atoms with Crippen molar-refractivity contribution in [1.82, 2.24) is 0 Å². The highest BCUT2D eigenvalue weighted by molar-refractivity contribution is 7.67. The Hall–Kier alpha value is -1.66. The van der Waals surface area contributed by atoms with Crippen molar-refractivity contribution >= 4 is 24.8 Å². The molecule has 3 aromatic carbocycles. The Bertz CT molecular complexity index is 1350. The van der Waals surface area contributed by atoms with E-state index >= 15 is 0 Å². The Balaban J connectivity index is 1.89. The van der Waals surface area contributed by atoms with Crippen LogP contribution in [0.1, 0.15) is 146 Å². The Morgan fingerprint density at radius 2 is 1.18 bits per heavy atom. The molecule has 0 saturated heterocycles. The summed E-state index contributed by atoms with van der Waals surface area (Å²) in [5.74, 6) is 1.41. The maximum atomic E-state index is 6.97. The first-order chi connectivity index (χ1) is 21.2. The fourth-order valence-corrected chi connectivity index (χ4v) is 12.5. The molecule has 0 amide bonds. The molecule has 0 heterocycles. The van der Waals surface area contributed by atoms with Crippen LogP contribution in [0.3, 0.4) is 0 Å². The van der Waals surface area contributed by atoms with Gasteiger partial charge in [0, 0.05) is 5.02 Å². The number of benzene rings is 3. The highest BCUT2D eigenvalue weighted by Gasteiger charge is 2.36. The topological polar surface area (TPSA) is 26.0 Å². The minimum Gasteiger partial charge on any atom is -0.330 e. The molecule has 2 aliphatic rings. The summed E-state index contributed by atoms with van der Waals surface area (Å²) in [6.45, 7) is 14.9. The van der Waals surface area contributed by atoms with E-state index in [1.165, 1.54) is 109 Å². The fraction of sp³-hybridized carbons (Fsp3) is 0.561. The molecule has 0 bridgehead atoms. The van der Waals surface area contributed by atoms with Crippen molar-refractivity contribution in [2.24, 2.45) is 5.73 Å². The zero-order valence-electron chi connectivity index (χ0n) is 28.4. The van der Waals surface area contributed by atoms with E-state index in [0.717, 1.165) is 22.8 Å². The minimum atomic E-state index is -0.370. The molecule has 3 aromatic rings. The Kier molecular flexibility index (Phi) is 11.7. The maximum Gasteiger partial charge on any atom is 0.0444 e. The van der Waals surface area contributed by atoms with Gasteiger partial charge in [-0.15, -0.1) is 0 Å². The first kappa shape index (κ1) is 33.7. The predicted octanol–water partition coefficient (Wildman–Crippen LogP) is 12.3. The van der Waals surface area contributed by atoms with E-state index in [4.69, 9.17) is 17.3 Å². The third-order valence-corrected chi connectivity index (χ3v) is 14.4. The average Bonchev–Trinajstić information content (AvgIpc) is 3.02. The van der Waals surface area contributed by atoms with Crippen LogP contribution in [0, 0.1) is 0 Å². The van der Waals surface area contributed by atoms with Crippen LogP contribution < -0.4 is 11.0 Å². The van der Waals surface area contributed by atoms with Gasteiger partial charge in [0.25, 0.3) is 0 Å². The maximum absolute atomic E-state index is 6.97. The molecular formula is C41H57ClNP. The second-order valence-corrected chi connectivity index (χ2v) is 17.7. The van der Waals surface area contributed by atoms with Gasteiger partial charge >= 0.3 is 0 Å². The zero-order valence-corrected chi connectivity index (χ0v) is 30.0. The lowest BCUT2D eigenvalue weighted by molar-refractivity contribution is 0.487. The van der Waals surface area contributed by atoms with Crippen LogP contribution in [-0.4, -0.2) is 17.9 Å². The van der Waals surface area contributed by atoms with Crippen LogP contribution in [-0.2, 0) is 6.42 Å². The van der Waals surface area contributed by atoms with E-state index in [-0.39, 0.29) is 7.92 Å². The van der Waals surface area contributed by atoms with Crippen molar-refractivity contribution in [1.29, 1.82) is 0 Å². The molecule has 0 aromatic heterocycles. The normalized spacial score (nSPS) is 17.0. The van der Waals surface area contributed by atoms with Gasteiger partial charge in [-0.25, -0.2) is 0 Å². The van der Waals surface area contributed by atoms with Gasteiger partial charge in [-0.2, -0.15) is 0 Å². The van der Waals surface area contributed by atoms with Crippen LogP contribution in [0.4, 0.5) is 0 Å². The lowest BCUT2D eigenvalue weighted by atomic mass is 9.81. The Labute approximate surface area is 275 Å². The van der Waals surface area contributed by atoms with Crippen LogP contribution >= 0.6 is 19.5 Å². The molecule has 3 heteroatoms. The van der Waals surface area contributed by atoms with Crippen molar-refractivity contribution in [3.63, 3.8) is 0 Å². The molecule has 2 N–H and O–H groups in total. The fourth-order valence-electron chi connectivity index (χ4n) is 8.10. The van der Waals surface area contributed by atoms with Gasteiger partial charge in [-0.3, -0.25) is 0 Å². The molecule has 0 radical (unpaired) electrons. The first-order valence-electron chi connectivity index (χ1n) is 17.8. The summed E-state index contributed by atoms with van der Waals surface area (Å²) in [4.78, 5) is 0. The molecular weight excluding hydrogens is 573 g/mol. The minimum absolute atomic E-state index is 0.370. The molecule has 44 heavy (non-hydrogen) atoms. The summed E-state index contributed by atoms with van der Waals surface area (Å²) >= 11 is 6.97. The van der Waals surface area contributed by atoms with E-state index in [9.17, 15) is 0 Å². The second kappa shape index (κ2) is 15.3. The number of halogens is 1. The average molecular weight is 630 g/mol. The molecule has 0 aliphatic heterocycles. The molecule has 2 fully saturated rings. The van der Waals surface area contributed by atoms with Crippen LogP contribution in [0.15, 0.2) is 48.5 Å². The van der Waals surface area contributed by atoms with Crippen molar-refractivity contribution < 1.29 is 0 Å². The third-order valence-electron chi connectivity index (χ3n) is 10.4.